The standard InChI is InChI=1S/C12H20BrN3/c1-4-10-12(13)11(16(3)15-10)7-14-6-9-5-8(9)2/h8-9,14H,4-7H2,1-3H3. The van der Waals surface area contributed by atoms with Gasteiger partial charge in [-0.25, -0.2) is 0 Å². The van der Waals surface area contributed by atoms with Crippen molar-refractivity contribution in [1.29, 1.82) is 0 Å². The summed E-state index contributed by atoms with van der Waals surface area (Å²) in [5, 5.41) is 8.01. The summed E-state index contributed by atoms with van der Waals surface area (Å²) < 4.78 is 3.15. The Bertz CT molecular complexity index is 373. The summed E-state index contributed by atoms with van der Waals surface area (Å²) in [6.07, 6.45) is 2.37. The highest BCUT2D eigenvalue weighted by atomic mass is 79.9. The average Bonchev–Trinajstić information content (AvgIpc) is 2.88. The molecule has 0 aromatic carbocycles. The summed E-state index contributed by atoms with van der Waals surface area (Å²) >= 11 is 3.63. The molecular weight excluding hydrogens is 266 g/mol. The zero-order valence-corrected chi connectivity index (χ0v) is 11.8. The second kappa shape index (κ2) is 4.88. The van der Waals surface area contributed by atoms with Crippen molar-refractivity contribution in [2.24, 2.45) is 18.9 Å². The van der Waals surface area contributed by atoms with Crippen LogP contribution in [0.1, 0.15) is 31.7 Å². The minimum absolute atomic E-state index is 0.901. The monoisotopic (exact) mass is 285 g/mol. The molecule has 0 radical (unpaired) electrons. The van der Waals surface area contributed by atoms with Gasteiger partial charge < -0.3 is 5.32 Å². The fourth-order valence-corrected chi connectivity index (χ4v) is 2.83. The summed E-state index contributed by atoms with van der Waals surface area (Å²) in [4.78, 5) is 0. The SMILES string of the molecule is CCc1nn(C)c(CNCC2CC2C)c1Br. The molecule has 1 aliphatic carbocycles. The Labute approximate surface area is 106 Å². The molecule has 1 aromatic heterocycles. The van der Waals surface area contributed by atoms with Crippen molar-refractivity contribution in [3.05, 3.63) is 15.9 Å². The molecule has 1 N–H and O–H groups in total. The van der Waals surface area contributed by atoms with Gasteiger partial charge in [-0.3, -0.25) is 4.68 Å². The Balaban J connectivity index is 1.90. The van der Waals surface area contributed by atoms with Crippen LogP contribution in [0, 0.1) is 11.8 Å². The van der Waals surface area contributed by atoms with Crippen LogP contribution in [-0.2, 0) is 20.0 Å². The molecule has 90 valence electrons. The van der Waals surface area contributed by atoms with Gasteiger partial charge in [0.2, 0.25) is 0 Å². The fourth-order valence-electron chi connectivity index (χ4n) is 2.07. The van der Waals surface area contributed by atoms with E-state index in [1.54, 1.807) is 0 Å². The van der Waals surface area contributed by atoms with Gasteiger partial charge in [-0.1, -0.05) is 13.8 Å². The third-order valence-corrected chi connectivity index (χ3v) is 4.39. The normalized spacial score (nSPS) is 23.8. The van der Waals surface area contributed by atoms with E-state index < -0.39 is 0 Å². The Morgan fingerprint density at radius 2 is 2.25 bits per heavy atom. The minimum Gasteiger partial charge on any atom is -0.311 e. The lowest BCUT2D eigenvalue weighted by Gasteiger charge is -2.05. The molecule has 0 saturated heterocycles. The Morgan fingerprint density at radius 3 is 2.75 bits per heavy atom. The van der Waals surface area contributed by atoms with Crippen LogP contribution in [-0.4, -0.2) is 16.3 Å². The van der Waals surface area contributed by atoms with Crippen LogP contribution in [0.5, 0.6) is 0 Å². The first kappa shape index (κ1) is 12.1. The molecule has 2 unspecified atom stereocenters. The predicted molar refractivity (Wildman–Crippen MR) is 69.3 cm³/mol. The Morgan fingerprint density at radius 1 is 1.56 bits per heavy atom. The van der Waals surface area contributed by atoms with Gasteiger partial charge in [0.1, 0.15) is 0 Å². The second-order valence-corrected chi connectivity index (χ2v) is 5.58. The number of hydrogen-bond acceptors (Lipinski definition) is 2. The van der Waals surface area contributed by atoms with Crippen LogP contribution < -0.4 is 5.32 Å². The number of rotatable bonds is 5. The maximum atomic E-state index is 4.49. The van der Waals surface area contributed by atoms with E-state index in [1.807, 2.05) is 11.7 Å². The van der Waals surface area contributed by atoms with Gasteiger partial charge in [0.25, 0.3) is 0 Å². The first-order valence-corrected chi connectivity index (χ1v) is 6.83. The fraction of sp³-hybridized carbons (Fsp3) is 0.750. The van der Waals surface area contributed by atoms with Crippen LogP contribution in [0.15, 0.2) is 4.47 Å². The number of hydrogen-bond donors (Lipinski definition) is 1. The highest BCUT2D eigenvalue weighted by Gasteiger charge is 2.31. The second-order valence-electron chi connectivity index (χ2n) is 4.79. The molecule has 1 fully saturated rings. The van der Waals surface area contributed by atoms with Crippen LogP contribution in [0.4, 0.5) is 0 Å². The molecular formula is C12H20BrN3. The van der Waals surface area contributed by atoms with Crippen molar-refractivity contribution in [3.63, 3.8) is 0 Å². The van der Waals surface area contributed by atoms with E-state index in [0.717, 1.165) is 37.0 Å². The van der Waals surface area contributed by atoms with E-state index >= 15 is 0 Å². The number of nitrogens with zero attached hydrogens (tertiary/aromatic N) is 2. The lowest BCUT2D eigenvalue weighted by atomic mass is 10.3. The number of aryl methyl sites for hydroxylation is 2. The molecule has 1 aromatic rings. The van der Waals surface area contributed by atoms with E-state index in [1.165, 1.54) is 16.6 Å². The largest absolute Gasteiger partial charge is 0.311 e. The molecule has 4 heteroatoms. The highest BCUT2D eigenvalue weighted by molar-refractivity contribution is 9.10. The lowest BCUT2D eigenvalue weighted by Crippen LogP contribution is -2.19. The number of halogens is 1. The molecule has 1 aliphatic rings. The van der Waals surface area contributed by atoms with Crippen molar-refractivity contribution in [2.45, 2.75) is 33.2 Å². The summed E-state index contributed by atoms with van der Waals surface area (Å²) in [6, 6.07) is 0. The van der Waals surface area contributed by atoms with Crippen molar-refractivity contribution >= 4 is 15.9 Å². The zero-order valence-electron chi connectivity index (χ0n) is 10.3. The van der Waals surface area contributed by atoms with Gasteiger partial charge in [-0.05, 0) is 47.2 Å². The van der Waals surface area contributed by atoms with Gasteiger partial charge in [0.15, 0.2) is 0 Å². The predicted octanol–water partition coefficient (Wildman–Crippen LogP) is 2.49. The molecule has 16 heavy (non-hydrogen) atoms. The van der Waals surface area contributed by atoms with Crippen LogP contribution in [0.25, 0.3) is 0 Å². The van der Waals surface area contributed by atoms with Gasteiger partial charge in [-0.2, -0.15) is 5.10 Å². The van der Waals surface area contributed by atoms with Gasteiger partial charge in [0, 0.05) is 13.6 Å². The number of nitrogens with one attached hydrogen (secondary N) is 1. The van der Waals surface area contributed by atoms with Crippen LogP contribution in [0.2, 0.25) is 0 Å². The molecule has 3 nitrogen and oxygen atoms in total. The molecule has 2 atom stereocenters. The molecule has 0 aliphatic heterocycles. The first-order valence-electron chi connectivity index (χ1n) is 6.04. The molecule has 0 amide bonds. The zero-order chi connectivity index (χ0) is 11.7. The van der Waals surface area contributed by atoms with Crippen molar-refractivity contribution in [2.75, 3.05) is 6.54 Å². The molecule has 1 heterocycles. The van der Waals surface area contributed by atoms with Gasteiger partial charge in [0.05, 0.1) is 15.9 Å². The van der Waals surface area contributed by atoms with E-state index in [4.69, 9.17) is 0 Å². The molecule has 0 spiro atoms. The molecule has 0 bridgehead atoms. The van der Waals surface area contributed by atoms with Gasteiger partial charge >= 0.3 is 0 Å². The smallest absolute Gasteiger partial charge is 0.0767 e. The molecule has 2 rings (SSSR count). The van der Waals surface area contributed by atoms with E-state index in [2.05, 4.69) is 40.2 Å². The van der Waals surface area contributed by atoms with Crippen molar-refractivity contribution < 1.29 is 0 Å². The maximum absolute atomic E-state index is 4.49. The highest BCUT2D eigenvalue weighted by Crippen LogP contribution is 2.36. The lowest BCUT2D eigenvalue weighted by molar-refractivity contribution is 0.580. The van der Waals surface area contributed by atoms with Crippen LogP contribution in [0.3, 0.4) is 0 Å². The van der Waals surface area contributed by atoms with E-state index in [9.17, 15) is 0 Å². The average molecular weight is 286 g/mol. The Hall–Kier alpha value is -0.350. The van der Waals surface area contributed by atoms with Gasteiger partial charge in [-0.15, -0.1) is 0 Å². The molecule has 1 saturated carbocycles. The quantitative estimate of drug-likeness (QED) is 0.901. The summed E-state index contributed by atoms with van der Waals surface area (Å²) in [6.45, 7) is 6.51. The summed E-state index contributed by atoms with van der Waals surface area (Å²) in [5.41, 5.74) is 2.41. The third-order valence-electron chi connectivity index (χ3n) is 3.48. The Kier molecular flexibility index (Phi) is 3.70. The van der Waals surface area contributed by atoms with Crippen molar-refractivity contribution in [3.8, 4) is 0 Å². The summed E-state index contributed by atoms with van der Waals surface area (Å²) in [7, 11) is 2.01. The first-order chi connectivity index (χ1) is 7.63. The number of aromatic nitrogens is 2. The van der Waals surface area contributed by atoms with Crippen LogP contribution >= 0.6 is 15.9 Å². The third kappa shape index (κ3) is 2.48. The summed E-state index contributed by atoms with van der Waals surface area (Å²) in [5.74, 6) is 1.83. The van der Waals surface area contributed by atoms with Crippen molar-refractivity contribution in [1.82, 2.24) is 15.1 Å². The van der Waals surface area contributed by atoms with E-state index in [-0.39, 0.29) is 0 Å². The van der Waals surface area contributed by atoms with E-state index in [0.29, 0.717) is 0 Å². The topological polar surface area (TPSA) is 29.9 Å². The maximum Gasteiger partial charge on any atom is 0.0767 e. The minimum atomic E-state index is 0.901.